The first-order valence-electron chi connectivity index (χ1n) is 5.99. The van der Waals surface area contributed by atoms with Crippen molar-refractivity contribution in [2.45, 2.75) is 25.8 Å². The van der Waals surface area contributed by atoms with Gasteiger partial charge in [-0.25, -0.2) is 0 Å². The van der Waals surface area contributed by atoms with Crippen LogP contribution in [0.1, 0.15) is 18.5 Å². The number of hydrogen-bond donors (Lipinski definition) is 0. The Balaban J connectivity index is 2.12. The third kappa shape index (κ3) is 2.21. The first kappa shape index (κ1) is 11.5. The van der Waals surface area contributed by atoms with E-state index < -0.39 is 0 Å². The van der Waals surface area contributed by atoms with E-state index in [-0.39, 0.29) is 0 Å². The number of aryl methyl sites for hydroxylation is 2. The Bertz CT molecular complexity index is 356. The Kier molecular flexibility index (Phi) is 3.19. The van der Waals surface area contributed by atoms with Crippen LogP contribution >= 0.6 is 0 Å². The van der Waals surface area contributed by atoms with E-state index >= 15 is 0 Å². The van der Waals surface area contributed by atoms with Crippen LogP contribution in [0.5, 0.6) is 0 Å². The quantitative estimate of drug-likeness (QED) is 0.753. The second-order valence-electron chi connectivity index (χ2n) is 4.98. The Morgan fingerprint density at radius 1 is 1.44 bits per heavy atom. The topological polar surface area (TPSA) is 24.3 Å². The minimum absolute atomic E-state index is 0.674. The van der Waals surface area contributed by atoms with Gasteiger partial charge >= 0.3 is 0 Å². The summed E-state index contributed by atoms with van der Waals surface area (Å²) in [5, 5.41) is 4.42. The maximum atomic E-state index is 4.42. The lowest BCUT2D eigenvalue weighted by Crippen LogP contribution is -2.45. The van der Waals surface area contributed by atoms with E-state index in [1.807, 2.05) is 11.7 Å². The highest BCUT2D eigenvalue weighted by atomic mass is 15.3. The molecule has 0 N–H and O–H groups in total. The van der Waals surface area contributed by atoms with Gasteiger partial charge in [0.1, 0.15) is 0 Å². The van der Waals surface area contributed by atoms with Gasteiger partial charge in [-0.1, -0.05) is 0 Å². The van der Waals surface area contributed by atoms with Crippen molar-refractivity contribution in [2.24, 2.45) is 7.05 Å². The fraction of sp³-hybridized carbons (Fsp3) is 0.750. The van der Waals surface area contributed by atoms with Gasteiger partial charge in [0.2, 0.25) is 0 Å². The highest BCUT2D eigenvalue weighted by Crippen LogP contribution is 2.23. The van der Waals surface area contributed by atoms with Crippen LogP contribution < -0.4 is 4.90 Å². The Hall–Kier alpha value is -1.03. The van der Waals surface area contributed by atoms with Crippen molar-refractivity contribution < 1.29 is 0 Å². The predicted octanol–water partition coefficient (Wildman–Crippen LogP) is 1.26. The van der Waals surface area contributed by atoms with Crippen molar-refractivity contribution in [3.63, 3.8) is 0 Å². The molecule has 1 atom stereocenters. The summed E-state index contributed by atoms with van der Waals surface area (Å²) < 4.78 is 1.91. The molecule has 0 saturated carbocycles. The monoisotopic (exact) mass is 222 g/mol. The molecule has 4 nitrogen and oxygen atoms in total. The molecular weight excluding hydrogens is 200 g/mol. The zero-order chi connectivity index (χ0) is 11.7. The minimum atomic E-state index is 0.674. The normalized spacial score (nSPS) is 21.8. The Morgan fingerprint density at radius 2 is 2.19 bits per heavy atom. The summed E-state index contributed by atoms with van der Waals surface area (Å²) in [4.78, 5) is 4.80. The fourth-order valence-corrected chi connectivity index (χ4v) is 2.49. The van der Waals surface area contributed by atoms with Gasteiger partial charge < -0.3 is 9.80 Å². The summed E-state index contributed by atoms with van der Waals surface area (Å²) in [6, 6.07) is 0.674. The molecule has 4 heteroatoms. The average Bonchev–Trinajstić information content (AvgIpc) is 2.58. The van der Waals surface area contributed by atoms with Crippen molar-refractivity contribution in [1.29, 1.82) is 0 Å². The van der Waals surface area contributed by atoms with Crippen LogP contribution in [-0.4, -0.2) is 47.9 Å². The second-order valence-corrected chi connectivity index (χ2v) is 4.98. The fourth-order valence-electron chi connectivity index (χ4n) is 2.49. The van der Waals surface area contributed by atoms with Crippen LogP contribution in [0.15, 0.2) is 6.20 Å². The molecule has 0 amide bonds. The van der Waals surface area contributed by atoms with E-state index in [9.17, 15) is 0 Å². The summed E-state index contributed by atoms with van der Waals surface area (Å²) in [7, 11) is 6.33. The molecule has 1 aromatic rings. The standard InChI is InChI=1S/C12H22N4/c1-10-12(9-15(4)13-10)16-7-5-6-11(8-16)14(2)3/h9,11H,5-8H2,1-4H3. The smallest absolute Gasteiger partial charge is 0.0827 e. The molecule has 1 aromatic heterocycles. The molecule has 1 aliphatic rings. The van der Waals surface area contributed by atoms with Crippen LogP contribution in [0.4, 0.5) is 5.69 Å². The number of likely N-dealkylation sites (N-methyl/N-ethyl adjacent to an activating group) is 1. The molecule has 0 radical (unpaired) electrons. The number of piperidine rings is 1. The van der Waals surface area contributed by atoms with Gasteiger partial charge in [-0.3, -0.25) is 4.68 Å². The van der Waals surface area contributed by atoms with Crippen molar-refractivity contribution in [2.75, 3.05) is 32.1 Å². The molecule has 1 unspecified atom stereocenters. The lowest BCUT2D eigenvalue weighted by Gasteiger charge is -2.37. The molecule has 2 heterocycles. The molecule has 2 rings (SSSR count). The third-order valence-corrected chi connectivity index (χ3v) is 3.46. The molecule has 0 aliphatic carbocycles. The van der Waals surface area contributed by atoms with Crippen LogP contribution in [0.25, 0.3) is 0 Å². The highest BCUT2D eigenvalue weighted by Gasteiger charge is 2.23. The molecule has 90 valence electrons. The van der Waals surface area contributed by atoms with Gasteiger partial charge in [0.25, 0.3) is 0 Å². The summed E-state index contributed by atoms with van der Waals surface area (Å²) in [6.45, 7) is 4.38. The predicted molar refractivity (Wildman–Crippen MR) is 66.9 cm³/mol. The number of rotatable bonds is 2. The first-order valence-corrected chi connectivity index (χ1v) is 5.99. The van der Waals surface area contributed by atoms with Crippen LogP contribution in [0.2, 0.25) is 0 Å². The highest BCUT2D eigenvalue weighted by molar-refractivity contribution is 5.49. The zero-order valence-electron chi connectivity index (χ0n) is 10.8. The molecule has 16 heavy (non-hydrogen) atoms. The minimum Gasteiger partial charge on any atom is -0.367 e. The third-order valence-electron chi connectivity index (χ3n) is 3.46. The molecule has 1 aliphatic heterocycles. The van der Waals surface area contributed by atoms with E-state index in [0.717, 1.165) is 18.8 Å². The summed E-state index contributed by atoms with van der Waals surface area (Å²) in [5.74, 6) is 0. The van der Waals surface area contributed by atoms with E-state index in [1.54, 1.807) is 0 Å². The molecule has 1 fully saturated rings. The molecule has 1 saturated heterocycles. The summed E-state index contributed by atoms with van der Waals surface area (Å²) >= 11 is 0. The number of nitrogens with zero attached hydrogens (tertiary/aromatic N) is 4. The van der Waals surface area contributed by atoms with E-state index in [2.05, 4.69) is 42.1 Å². The first-order chi connectivity index (χ1) is 7.58. The number of anilines is 1. The van der Waals surface area contributed by atoms with E-state index in [4.69, 9.17) is 0 Å². The molecule has 0 aromatic carbocycles. The summed E-state index contributed by atoms with van der Waals surface area (Å²) in [5.41, 5.74) is 2.44. The summed E-state index contributed by atoms with van der Waals surface area (Å²) in [6.07, 6.45) is 4.72. The van der Waals surface area contributed by atoms with Gasteiger partial charge in [0.05, 0.1) is 11.4 Å². The van der Waals surface area contributed by atoms with Gasteiger partial charge in [0.15, 0.2) is 0 Å². The maximum Gasteiger partial charge on any atom is 0.0827 e. The van der Waals surface area contributed by atoms with Gasteiger partial charge in [-0.15, -0.1) is 0 Å². The maximum absolute atomic E-state index is 4.42. The Labute approximate surface area is 97.8 Å². The lowest BCUT2D eigenvalue weighted by atomic mass is 10.0. The van der Waals surface area contributed by atoms with E-state index in [0.29, 0.717) is 6.04 Å². The van der Waals surface area contributed by atoms with Crippen molar-refractivity contribution in [1.82, 2.24) is 14.7 Å². The average molecular weight is 222 g/mol. The van der Waals surface area contributed by atoms with Crippen molar-refractivity contribution in [3.05, 3.63) is 11.9 Å². The van der Waals surface area contributed by atoms with Gasteiger partial charge in [0, 0.05) is 32.4 Å². The zero-order valence-corrected chi connectivity index (χ0v) is 10.8. The van der Waals surface area contributed by atoms with Crippen LogP contribution in [0.3, 0.4) is 0 Å². The molecular formula is C12H22N4. The van der Waals surface area contributed by atoms with E-state index in [1.165, 1.54) is 18.5 Å². The van der Waals surface area contributed by atoms with Gasteiger partial charge in [-0.05, 0) is 33.9 Å². The van der Waals surface area contributed by atoms with Crippen LogP contribution in [0, 0.1) is 6.92 Å². The largest absolute Gasteiger partial charge is 0.367 e. The SMILES string of the molecule is Cc1nn(C)cc1N1CCCC(N(C)C)C1. The second kappa shape index (κ2) is 4.45. The van der Waals surface area contributed by atoms with Crippen LogP contribution in [-0.2, 0) is 7.05 Å². The van der Waals surface area contributed by atoms with Gasteiger partial charge in [-0.2, -0.15) is 5.10 Å². The Morgan fingerprint density at radius 3 is 2.75 bits per heavy atom. The molecule has 0 spiro atoms. The number of aromatic nitrogens is 2. The lowest BCUT2D eigenvalue weighted by molar-refractivity contribution is 0.258. The number of hydrogen-bond acceptors (Lipinski definition) is 3. The van der Waals surface area contributed by atoms with Crippen molar-refractivity contribution in [3.8, 4) is 0 Å². The van der Waals surface area contributed by atoms with Crippen molar-refractivity contribution >= 4 is 5.69 Å². The molecule has 0 bridgehead atoms.